The first-order valence-electron chi connectivity index (χ1n) is 9.41. The maximum atomic E-state index is 13.6. The summed E-state index contributed by atoms with van der Waals surface area (Å²) >= 11 is 0. The Balaban J connectivity index is 1.64. The molecule has 2 aromatic carbocycles. The number of nitrogens with zero attached hydrogens (tertiary/aromatic N) is 1. The van der Waals surface area contributed by atoms with Crippen molar-refractivity contribution in [2.24, 2.45) is 5.92 Å². The van der Waals surface area contributed by atoms with Crippen LogP contribution in [0.5, 0.6) is 0 Å². The molecule has 3 rings (SSSR count). The van der Waals surface area contributed by atoms with Gasteiger partial charge in [-0.3, -0.25) is 4.79 Å². The lowest BCUT2D eigenvalue weighted by Crippen LogP contribution is -2.39. The van der Waals surface area contributed by atoms with Crippen LogP contribution in [-0.4, -0.2) is 38.1 Å². The molecule has 150 valence electrons. The largest absolute Gasteiger partial charge is 0.378 e. The SMILES string of the molecule is Cc1ccc(C(=O)CNc2ccc(S(=O)(=O)N3CCCC(C)C3)cc2)cc1F. The molecule has 1 N–H and O–H groups in total. The third-order valence-corrected chi connectivity index (χ3v) is 6.94. The molecule has 7 heteroatoms. The average molecular weight is 405 g/mol. The Labute approximate surface area is 165 Å². The lowest BCUT2D eigenvalue weighted by molar-refractivity contribution is 0.101. The maximum absolute atomic E-state index is 13.6. The van der Waals surface area contributed by atoms with E-state index in [9.17, 15) is 17.6 Å². The van der Waals surface area contributed by atoms with Gasteiger partial charge in [-0.15, -0.1) is 0 Å². The molecule has 1 unspecified atom stereocenters. The Kier molecular flexibility index (Phi) is 6.15. The summed E-state index contributed by atoms with van der Waals surface area (Å²) in [6.07, 6.45) is 1.93. The lowest BCUT2D eigenvalue weighted by Gasteiger charge is -2.30. The van der Waals surface area contributed by atoms with Crippen LogP contribution in [0.2, 0.25) is 0 Å². The quantitative estimate of drug-likeness (QED) is 0.743. The number of rotatable bonds is 6. The number of sulfonamides is 1. The second kappa shape index (κ2) is 8.41. The maximum Gasteiger partial charge on any atom is 0.243 e. The summed E-state index contributed by atoms with van der Waals surface area (Å²) in [4.78, 5) is 12.5. The molecule has 0 aromatic heterocycles. The number of benzene rings is 2. The molecule has 0 radical (unpaired) electrons. The van der Waals surface area contributed by atoms with Crippen LogP contribution in [0, 0.1) is 18.7 Å². The standard InChI is InChI=1S/C21H25FN2O3S/c1-15-4-3-11-24(14-15)28(26,27)19-9-7-18(8-10-19)23-13-21(25)17-6-5-16(2)20(22)12-17/h5-10,12,15,23H,3-4,11,13-14H2,1-2H3. The Morgan fingerprint density at radius 3 is 2.57 bits per heavy atom. The van der Waals surface area contributed by atoms with Gasteiger partial charge in [0, 0.05) is 24.3 Å². The van der Waals surface area contributed by atoms with Crippen LogP contribution < -0.4 is 5.32 Å². The first kappa shape index (κ1) is 20.5. The van der Waals surface area contributed by atoms with E-state index in [2.05, 4.69) is 12.2 Å². The molecular weight excluding hydrogens is 379 g/mol. The molecular formula is C21H25FN2O3S. The number of halogens is 1. The van der Waals surface area contributed by atoms with Crippen molar-refractivity contribution in [1.29, 1.82) is 0 Å². The summed E-state index contributed by atoms with van der Waals surface area (Å²) in [5.41, 5.74) is 1.42. The number of hydrogen-bond acceptors (Lipinski definition) is 4. The average Bonchev–Trinajstić information content (AvgIpc) is 2.68. The molecule has 1 aliphatic heterocycles. The summed E-state index contributed by atoms with van der Waals surface area (Å²) in [5.74, 6) is -0.285. The van der Waals surface area contributed by atoms with Crippen molar-refractivity contribution < 1.29 is 17.6 Å². The minimum Gasteiger partial charge on any atom is -0.378 e. The molecule has 1 atom stereocenters. The van der Waals surface area contributed by atoms with Gasteiger partial charge in [-0.25, -0.2) is 12.8 Å². The number of aryl methyl sites for hydroxylation is 1. The van der Waals surface area contributed by atoms with E-state index in [-0.39, 0.29) is 17.2 Å². The molecule has 0 saturated carbocycles. The van der Waals surface area contributed by atoms with Crippen molar-refractivity contribution in [2.45, 2.75) is 31.6 Å². The van der Waals surface area contributed by atoms with Crippen LogP contribution in [0.4, 0.5) is 10.1 Å². The van der Waals surface area contributed by atoms with E-state index < -0.39 is 15.8 Å². The molecule has 1 saturated heterocycles. The van der Waals surface area contributed by atoms with E-state index in [4.69, 9.17) is 0 Å². The molecule has 2 aromatic rings. The van der Waals surface area contributed by atoms with Gasteiger partial charge in [-0.05, 0) is 61.6 Å². The van der Waals surface area contributed by atoms with Crippen LogP contribution in [0.1, 0.15) is 35.7 Å². The molecule has 0 spiro atoms. The predicted octanol–water partition coefficient (Wildman–Crippen LogP) is 3.85. The van der Waals surface area contributed by atoms with Crippen molar-refractivity contribution in [3.8, 4) is 0 Å². The molecule has 0 bridgehead atoms. The fourth-order valence-electron chi connectivity index (χ4n) is 3.31. The zero-order valence-corrected chi connectivity index (χ0v) is 16.9. The topological polar surface area (TPSA) is 66.5 Å². The number of Topliss-reactive ketones (excluding diaryl/α,β-unsaturated/α-hetero) is 1. The highest BCUT2D eigenvalue weighted by atomic mass is 32.2. The Hall–Kier alpha value is -2.25. The molecule has 28 heavy (non-hydrogen) atoms. The fraction of sp³-hybridized carbons (Fsp3) is 0.381. The van der Waals surface area contributed by atoms with Crippen LogP contribution >= 0.6 is 0 Å². The van der Waals surface area contributed by atoms with Crippen LogP contribution in [0.3, 0.4) is 0 Å². The Morgan fingerprint density at radius 2 is 1.93 bits per heavy atom. The number of anilines is 1. The summed E-state index contributed by atoms with van der Waals surface area (Å²) < 4.78 is 40.7. The van der Waals surface area contributed by atoms with E-state index in [1.807, 2.05) is 0 Å². The molecule has 1 heterocycles. The van der Waals surface area contributed by atoms with Crippen molar-refractivity contribution in [1.82, 2.24) is 4.31 Å². The van der Waals surface area contributed by atoms with E-state index in [1.54, 1.807) is 47.6 Å². The highest BCUT2D eigenvalue weighted by Crippen LogP contribution is 2.24. The van der Waals surface area contributed by atoms with E-state index in [0.29, 0.717) is 35.8 Å². The van der Waals surface area contributed by atoms with Gasteiger partial charge in [0.15, 0.2) is 5.78 Å². The van der Waals surface area contributed by atoms with Crippen molar-refractivity contribution in [3.05, 3.63) is 59.4 Å². The smallest absolute Gasteiger partial charge is 0.243 e. The number of carbonyl (C=O) groups excluding carboxylic acids is 1. The second-order valence-electron chi connectivity index (χ2n) is 7.38. The van der Waals surface area contributed by atoms with E-state index >= 15 is 0 Å². The number of nitrogens with one attached hydrogen (secondary N) is 1. The van der Waals surface area contributed by atoms with Gasteiger partial charge < -0.3 is 5.32 Å². The van der Waals surface area contributed by atoms with E-state index in [1.165, 1.54) is 6.07 Å². The molecule has 1 fully saturated rings. The molecule has 5 nitrogen and oxygen atoms in total. The van der Waals surface area contributed by atoms with Crippen molar-refractivity contribution in [3.63, 3.8) is 0 Å². The Morgan fingerprint density at radius 1 is 1.21 bits per heavy atom. The van der Waals surface area contributed by atoms with Crippen molar-refractivity contribution in [2.75, 3.05) is 25.0 Å². The van der Waals surface area contributed by atoms with Gasteiger partial charge in [0.2, 0.25) is 10.0 Å². The first-order valence-corrected chi connectivity index (χ1v) is 10.8. The number of piperidine rings is 1. The van der Waals surface area contributed by atoms with Crippen molar-refractivity contribution >= 4 is 21.5 Å². The third-order valence-electron chi connectivity index (χ3n) is 5.06. The second-order valence-corrected chi connectivity index (χ2v) is 9.31. The summed E-state index contributed by atoms with van der Waals surface area (Å²) in [5, 5.41) is 2.96. The normalized spacial score (nSPS) is 18.0. The van der Waals surface area contributed by atoms with Gasteiger partial charge in [-0.1, -0.05) is 19.1 Å². The van der Waals surface area contributed by atoms with Crippen LogP contribution in [0.25, 0.3) is 0 Å². The zero-order chi connectivity index (χ0) is 20.3. The lowest BCUT2D eigenvalue weighted by atomic mass is 10.0. The molecule has 0 amide bonds. The summed E-state index contributed by atoms with van der Waals surface area (Å²) in [6, 6.07) is 10.8. The van der Waals surface area contributed by atoms with Gasteiger partial charge in [0.1, 0.15) is 5.82 Å². The first-order chi connectivity index (χ1) is 13.3. The summed E-state index contributed by atoms with van der Waals surface area (Å²) in [6.45, 7) is 4.80. The minimum atomic E-state index is -3.50. The Bertz CT molecular complexity index is 958. The number of carbonyl (C=O) groups is 1. The van der Waals surface area contributed by atoms with Crippen LogP contribution in [0.15, 0.2) is 47.4 Å². The highest BCUT2D eigenvalue weighted by Gasteiger charge is 2.28. The highest BCUT2D eigenvalue weighted by molar-refractivity contribution is 7.89. The van der Waals surface area contributed by atoms with Gasteiger partial charge >= 0.3 is 0 Å². The fourth-order valence-corrected chi connectivity index (χ4v) is 4.91. The monoisotopic (exact) mass is 404 g/mol. The molecule has 1 aliphatic rings. The van der Waals surface area contributed by atoms with Gasteiger partial charge in [0.05, 0.1) is 11.4 Å². The van der Waals surface area contributed by atoms with Gasteiger partial charge in [0.25, 0.3) is 0 Å². The number of ketones is 1. The minimum absolute atomic E-state index is 0.00175. The van der Waals surface area contributed by atoms with E-state index in [0.717, 1.165) is 12.8 Å². The third kappa shape index (κ3) is 4.59. The zero-order valence-electron chi connectivity index (χ0n) is 16.1. The number of hydrogen-bond donors (Lipinski definition) is 1. The van der Waals surface area contributed by atoms with Gasteiger partial charge in [-0.2, -0.15) is 4.31 Å². The molecule has 0 aliphatic carbocycles. The predicted molar refractivity (Wildman–Crippen MR) is 108 cm³/mol. The summed E-state index contributed by atoms with van der Waals surface area (Å²) in [7, 11) is -3.50. The van der Waals surface area contributed by atoms with Crippen LogP contribution in [-0.2, 0) is 10.0 Å².